The topological polar surface area (TPSA) is 95.9 Å². The van der Waals surface area contributed by atoms with Crippen molar-refractivity contribution in [1.82, 2.24) is 5.32 Å². The fraction of sp³-hybridized carbons (Fsp3) is 0.905. The second kappa shape index (κ2) is 58.9. The number of ether oxygens (including phenoxy) is 1. The summed E-state index contributed by atoms with van der Waals surface area (Å²) in [6.07, 6.45) is 72.2. The van der Waals surface area contributed by atoms with Gasteiger partial charge in [-0.3, -0.25) is 9.59 Å². The van der Waals surface area contributed by atoms with Crippen molar-refractivity contribution < 1.29 is 24.5 Å². The molecule has 2 unspecified atom stereocenters. The maximum atomic E-state index is 12.5. The Labute approximate surface area is 431 Å². The molecular formula is C63H121NO5. The highest BCUT2D eigenvalue weighted by Crippen LogP contribution is 2.18. The minimum atomic E-state index is -0.867. The lowest BCUT2D eigenvalue weighted by atomic mass is 10.0. The zero-order valence-electron chi connectivity index (χ0n) is 46.6. The highest BCUT2D eigenvalue weighted by Gasteiger charge is 2.18. The third-order valence-electron chi connectivity index (χ3n) is 14.5. The number of allylic oxidation sites excluding steroid dienone is 3. The van der Waals surface area contributed by atoms with E-state index in [2.05, 4.69) is 31.3 Å². The molecule has 0 aliphatic rings. The third kappa shape index (κ3) is 55.5. The van der Waals surface area contributed by atoms with Gasteiger partial charge in [-0.05, 0) is 57.8 Å². The first-order chi connectivity index (χ1) is 34.0. The third-order valence-corrected chi connectivity index (χ3v) is 14.5. The number of amides is 1. The summed E-state index contributed by atoms with van der Waals surface area (Å²) in [5, 5.41) is 23.2. The molecule has 1 amide bonds. The molecule has 0 heterocycles. The summed E-state index contributed by atoms with van der Waals surface area (Å²) in [7, 11) is 0. The predicted octanol–water partition coefficient (Wildman–Crippen LogP) is 19.4. The summed E-state index contributed by atoms with van der Waals surface area (Å²) < 4.78 is 5.46. The summed E-state index contributed by atoms with van der Waals surface area (Å²) >= 11 is 0. The van der Waals surface area contributed by atoms with Crippen molar-refractivity contribution in [2.24, 2.45) is 0 Å². The van der Waals surface area contributed by atoms with Crippen LogP contribution in [0.3, 0.4) is 0 Å². The first-order valence-electron chi connectivity index (χ1n) is 31.1. The van der Waals surface area contributed by atoms with Crippen molar-refractivity contribution in [3.05, 3.63) is 24.3 Å². The van der Waals surface area contributed by atoms with Crippen LogP contribution in [0.15, 0.2) is 24.3 Å². The van der Waals surface area contributed by atoms with Gasteiger partial charge in [0.1, 0.15) is 0 Å². The van der Waals surface area contributed by atoms with Crippen LogP contribution in [0.1, 0.15) is 341 Å². The molecule has 0 bridgehead atoms. The highest BCUT2D eigenvalue weighted by atomic mass is 16.5. The van der Waals surface area contributed by atoms with Crippen LogP contribution in [0, 0.1) is 0 Å². The lowest BCUT2D eigenvalue weighted by Gasteiger charge is -2.20. The first-order valence-corrected chi connectivity index (χ1v) is 31.1. The molecule has 0 aromatic carbocycles. The van der Waals surface area contributed by atoms with Crippen LogP contribution in [0.4, 0.5) is 0 Å². The minimum Gasteiger partial charge on any atom is -0.466 e. The van der Waals surface area contributed by atoms with E-state index in [9.17, 15) is 19.8 Å². The summed E-state index contributed by atoms with van der Waals surface area (Å²) in [6, 6.07) is -0.654. The molecule has 0 saturated carbocycles. The van der Waals surface area contributed by atoms with Gasteiger partial charge in [-0.2, -0.15) is 0 Å². The monoisotopic (exact) mass is 972 g/mol. The van der Waals surface area contributed by atoms with E-state index in [1.54, 1.807) is 6.08 Å². The zero-order valence-corrected chi connectivity index (χ0v) is 46.6. The van der Waals surface area contributed by atoms with E-state index >= 15 is 0 Å². The largest absolute Gasteiger partial charge is 0.466 e. The van der Waals surface area contributed by atoms with Crippen LogP contribution in [0.5, 0.6) is 0 Å². The number of esters is 1. The summed E-state index contributed by atoms with van der Waals surface area (Å²) in [4.78, 5) is 24.6. The van der Waals surface area contributed by atoms with Crippen molar-refractivity contribution in [3.63, 3.8) is 0 Å². The molecule has 6 heteroatoms. The number of hydrogen-bond acceptors (Lipinski definition) is 5. The van der Waals surface area contributed by atoms with Gasteiger partial charge in [0.2, 0.25) is 5.91 Å². The molecule has 0 aromatic rings. The molecule has 0 aromatic heterocycles. The Kier molecular flexibility index (Phi) is 57.5. The predicted molar refractivity (Wildman–Crippen MR) is 301 cm³/mol. The molecule has 69 heavy (non-hydrogen) atoms. The number of aliphatic hydroxyl groups excluding tert-OH is 2. The van der Waals surface area contributed by atoms with Crippen molar-refractivity contribution >= 4 is 11.9 Å². The van der Waals surface area contributed by atoms with E-state index in [4.69, 9.17) is 4.74 Å². The molecule has 0 radical (unpaired) electrons. The molecule has 0 spiro atoms. The smallest absolute Gasteiger partial charge is 0.305 e. The van der Waals surface area contributed by atoms with Crippen molar-refractivity contribution in [2.75, 3.05) is 13.2 Å². The molecule has 2 atom stereocenters. The van der Waals surface area contributed by atoms with Gasteiger partial charge in [-0.15, -0.1) is 0 Å². The van der Waals surface area contributed by atoms with Crippen molar-refractivity contribution in [3.8, 4) is 0 Å². The number of hydrogen-bond donors (Lipinski definition) is 3. The van der Waals surface area contributed by atoms with Gasteiger partial charge in [0.05, 0.1) is 25.4 Å². The van der Waals surface area contributed by atoms with Crippen LogP contribution in [-0.4, -0.2) is 47.4 Å². The van der Waals surface area contributed by atoms with Gasteiger partial charge in [0, 0.05) is 12.8 Å². The molecule has 3 N–H and O–H groups in total. The van der Waals surface area contributed by atoms with Gasteiger partial charge < -0.3 is 20.3 Å². The van der Waals surface area contributed by atoms with E-state index < -0.39 is 12.1 Å². The number of carbonyl (C=O) groups is 2. The quantitative estimate of drug-likeness (QED) is 0.0321. The Morgan fingerprint density at radius 1 is 0.391 bits per heavy atom. The highest BCUT2D eigenvalue weighted by molar-refractivity contribution is 5.76. The summed E-state index contributed by atoms with van der Waals surface area (Å²) in [6.45, 7) is 4.85. The van der Waals surface area contributed by atoms with E-state index in [0.29, 0.717) is 19.4 Å². The Hall–Kier alpha value is -1.66. The average Bonchev–Trinajstić information content (AvgIpc) is 3.35. The van der Waals surface area contributed by atoms with Gasteiger partial charge in [0.15, 0.2) is 0 Å². The average molecular weight is 973 g/mol. The Morgan fingerprint density at radius 2 is 0.681 bits per heavy atom. The fourth-order valence-electron chi connectivity index (χ4n) is 9.69. The second-order valence-corrected chi connectivity index (χ2v) is 21.4. The number of carbonyl (C=O) groups excluding carboxylic acids is 2. The Balaban J connectivity index is 3.51. The van der Waals surface area contributed by atoms with E-state index in [1.807, 2.05) is 6.08 Å². The normalized spacial score (nSPS) is 12.7. The zero-order chi connectivity index (χ0) is 50.0. The first kappa shape index (κ1) is 67.3. The molecule has 0 aliphatic heterocycles. The SMILES string of the molecule is CCCCCCCCCCCCCCCCCCCCCCC/C=C/C(O)C(CO)NC(=O)CCCCCC/C=C\CCCCOC(=O)CCCCCCCCCCCCCCCCCCCCC. The van der Waals surface area contributed by atoms with Crippen molar-refractivity contribution in [1.29, 1.82) is 0 Å². The summed E-state index contributed by atoms with van der Waals surface area (Å²) in [5.41, 5.74) is 0. The molecule has 0 rings (SSSR count). The number of nitrogens with one attached hydrogen (secondary N) is 1. The van der Waals surface area contributed by atoms with Crippen LogP contribution in [0.2, 0.25) is 0 Å². The molecule has 0 fully saturated rings. The molecule has 6 nitrogen and oxygen atoms in total. The van der Waals surface area contributed by atoms with E-state index in [-0.39, 0.29) is 18.5 Å². The standard InChI is InChI=1S/C63H121NO5/c1-3-5-7-9-11-13-15-17-19-21-23-24-25-26-28-29-31-33-35-39-43-47-51-55-61(66)60(59-65)64-62(67)56-52-48-44-40-37-38-42-46-50-54-58-69-63(68)57-53-49-45-41-36-34-32-30-27-22-20-18-16-14-12-10-8-6-4-2/h38,42,51,55,60-61,65-66H,3-37,39-41,43-50,52-54,56-59H2,1-2H3,(H,64,67)/b42-38-,55-51+. The van der Waals surface area contributed by atoms with Gasteiger partial charge in [-0.25, -0.2) is 0 Å². The summed E-state index contributed by atoms with van der Waals surface area (Å²) in [5.74, 6) is -0.133. The molecule has 408 valence electrons. The molecule has 0 saturated heterocycles. The number of aliphatic hydroxyl groups is 2. The minimum absolute atomic E-state index is 0.0328. The Bertz CT molecular complexity index is 1080. The molecular weight excluding hydrogens is 851 g/mol. The Morgan fingerprint density at radius 3 is 1.03 bits per heavy atom. The molecule has 0 aliphatic carbocycles. The van der Waals surface area contributed by atoms with Crippen LogP contribution in [-0.2, 0) is 14.3 Å². The number of rotatable bonds is 58. The van der Waals surface area contributed by atoms with Crippen molar-refractivity contribution in [2.45, 2.75) is 353 Å². The lowest BCUT2D eigenvalue weighted by Crippen LogP contribution is -2.45. The second-order valence-electron chi connectivity index (χ2n) is 21.4. The van der Waals surface area contributed by atoms with Gasteiger partial charge >= 0.3 is 5.97 Å². The maximum Gasteiger partial charge on any atom is 0.305 e. The maximum absolute atomic E-state index is 12.5. The van der Waals surface area contributed by atoms with E-state index in [1.165, 1.54) is 238 Å². The van der Waals surface area contributed by atoms with Crippen LogP contribution in [0.25, 0.3) is 0 Å². The lowest BCUT2D eigenvalue weighted by molar-refractivity contribution is -0.143. The number of unbranched alkanes of at least 4 members (excludes halogenated alkanes) is 45. The van der Waals surface area contributed by atoms with Gasteiger partial charge in [0.25, 0.3) is 0 Å². The van der Waals surface area contributed by atoms with Gasteiger partial charge in [-0.1, -0.05) is 295 Å². The van der Waals surface area contributed by atoms with Crippen LogP contribution >= 0.6 is 0 Å². The fourth-order valence-corrected chi connectivity index (χ4v) is 9.69. The van der Waals surface area contributed by atoms with Crippen LogP contribution < -0.4 is 5.32 Å². The van der Waals surface area contributed by atoms with E-state index in [0.717, 1.165) is 77.0 Å².